The van der Waals surface area contributed by atoms with E-state index < -0.39 is 5.82 Å². The molecule has 3 saturated heterocycles. The zero-order chi connectivity index (χ0) is 30.0. The summed E-state index contributed by atoms with van der Waals surface area (Å²) in [7, 11) is 0. The molecule has 3 atom stereocenters. The number of halogens is 1. The maximum Gasteiger partial charge on any atom is 0.319 e. The number of fused-ring (bicyclic) bond motifs is 5. The van der Waals surface area contributed by atoms with Crippen molar-refractivity contribution in [2.24, 2.45) is 5.92 Å². The van der Waals surface area contributed by atoms with Crippen molar-refractivity contribution in [3.8, 4) is 17.3 Å². The molecule has 226 valence electrons. The van der Waals surface area contributed by atoms with Gasteiger partial charge in [0.15, 0.2) is 5.82 Å². The summed E-state index contributed by atoms with van der Waals surface area (Å²) in [5.41, 5.74) is 3.89. The van der Waals surface area contributed by atoms with Crippen LogP contribution in [0.4, 0.5) is 10.2 Å². The molecule has 3 aromatic rings. The summed E-state index contributed by atoms with van der Waals surface area (Å²) < 4.78 is 23.1. The number of hydrogen-bond donors (Lipinski definition) is 0. The third-order valence-electron chi connectivity index (χ3n) is 10.7. The van der Waals surface area contributed by atoms with Gasteiger partial charge in [-0.05, 0) is 80.7 Å². The van der Waals surface area contributed by atoms with E-state index in [0.29, 0.717) is 55.0 Å². The van der Waals surface area contributed by atoms with E-state index in [2.05, 4.69) is 22.4 Å². The van der Waals surface area contributed by atoms with Gasteiger partial charge in [-0.15, -0.1) is 0 Å². The molecule has 2 aliphatic carbocycles. The monoisotopic (exact) mass is 593 g/mol. The molecule has 4 fully saturated rings. The van der Waals surface area contributed by atoms with Crippen molar-refractivity contribution in [3.05, 3.63) is 65.4 Å². The van der Waals surface area contributed by atoms with Crippen molar-refractivity contribution in [3.63, 3.8) is 0 Å². The average molecular weight is 594 g/mol. The second-order valence-corrected chi connectivity index (χ2v) is 13.1. The van der Waals surface area contributed by atoms with Crippen LogP contribution in [0.5, 0.6) is 6.01 Å². The molecule has 5 heterocycles. The van der Waals surface area contributed by atoms with Crippen molar-refractivity contribution >= 4 is 22.6 Å². The van der Waals surface area contributed by atoms with Crippen molar-refractivity contribution < 1.29 is 13.9 Å². The summed E-state index contributed by atoms with van der Waals surface area (Å²) in [5, 5.41) is 0.502. The summed E-state index contributed by atoms with van der Waals surface area (Å²) in [6, 6.07) is 5.94. The number of anilines is 1. The van der Waals surface area contributed by atoms with Crippen LogP contribution in [0.1, 0.15) is 49.1 Å². The van der Waals surface area contributed by atoms with Gasteiger partial charge in [0.25, 0.3) is 0 Å². The van der Waals surface area contributed by atoms with E-state index >= 15 is 4.39 Å². The number of rotatable bonds is 7. The Morgan fingerprint density at radius 3 is 2.84 bits per heavy atom. The van der Waals surface area contributed by atoms with Crippen molar-refractivity contribution in [1.29, 1.82) is 0 Å². The summed E-state index contributed by atoms with van der Waals surface area (Å²) in [6.07, 6.45) is 9.64. The lowest BCUT2D eigenvalue weighted by molar-refractivity contribution is -0.128. The fraction of sp³-hybridized carbons (Fsp3) is 0.500. The number of benzene rings is 1. The standard InChI is InChI=1S/C34H36FN7O2/c1-3-27(43)42-14-13-40(19-23(42)17-36-2)32-26-18-37-30(24-8-4-7-21-15-22-16-25(22)28(21)24)29(35)31(26)38-33(39-32)44-20-34-9-5-11-41(34)12-6-10-34/h3-4,7-8,18,22-23,25H,1,5-6,9-17,19-20H2/t22-,23+,25+/m1/s1. The number of aromatic nitrogens is 3. The SMILES string of the molecule is [C-]#[N+]C[C@H]1CN(c2nc(OCC34CCCN3CCC4)nc3c(F)c(-c4cccc5c4[C@H]4C[C@H]4C5)ncc23)CCN1C(=O)C=C. The van der Waals surface area contributed by atoms with Gasteiger partial charge < -0.3 is 19.4 Å². The van der Waals surface area contributed by atoms with Crippen molar-refractivity contribution in [2.45, 2.75) is 56.0 Å². The Balaban J connectivity index is 1.21. The minimum absolute atomic E-state index is 0.0107. The minimum atomic E-state index is -0.465. The minimum Gasteiger partial charge on any atom is -0.461 e. The second kappa shape index (κ2) is 10.5. The van der Waals surface area contributed by atoms with E-state index in [-0.39, 0.29) is 35.6 Å². The molecule has 44 heavy (non-hydrogen) atoms. The largest absolute Gasteiger partial charge is 0.461 e. The zero-order valence-corrected chi connectivity index (χ0v) is 24.8. The topological polar surface area (TPSA) is 79.1 Å². The van der Waals surface area contributed by atoms with Gasteiger partial charge in [0.2, 0.25) is 12.5 Å². The summed E-state index contributed by atoms with van der Waals surface area (Å²) >= 11 is 0. The van der Waals surface area contributed by atoms with Gasteiger partial charge in [-0.1, -0.05) is 24.8 Å². The summed E-state index contributed by atoms with van der Waals surface area (Å²) in [4.78, 5) is 36.7. The first-order valence-corrected chi connectivity index (χ1v) is 15.9. The lowest BCUT2D eigenvalue weighted by Crippen LogP contribution is -2.56. The Labute approximate surface area is 256 Å². The highest BCUT2D eigenvalue weighted by atomic mass is 19.1. The Kier molecular flexibility index (Phi) is 6.56. The van der Waals surface area contributed by atoms with Gasteiger partial charge in [0, 0.05) is 31.4 Å². The number of carbonyl (C=O) groups excluding carboxylic acids is 1. The second-order valence-electron chi connectivity index (χ2n) is 13.1. The molecule has 0 radical (unpaired) electrons. The molecule has 3 aliphatic heterocycles. The van der Waals surface area contributed by atoms with Crippen LogP contribution in [0.25, 0.3) is 27.0 Å². The molecule has 10 heteroatoms. The van der Waals surface area contributed by atoms with Gasteiger partial charge in [-0.3, -0.25) is 14.7 Å². The maximum absolute atomic E-state index is 16.7. The highest BCUT2D eigenvalue weighted by Gasteiger charge is 2.47. The molecule has 1 amide bonds. The lowest BCUT2D eigenvalue weighted by atomic mass is 9.95. The van der Waals surface area contributed by atoms with Crippen LogP contribution in [-0.4, -0.2) is 88.1 Å². The highest BCUT2D eigenvalue weighted by Crippen LogP contribution is 2.58. The van der Waals surface area contributed by atoms with Gasteiger partial charge in [0.1, 0.15) is 29.7 Å². The average Bonchev–Trinajstić information content (AvgIpc) is 3.33. The number of amides is 1. The molecule has 2 aromatic heterocycles. The lowest BCUT2D eigenvalue weighted by Gasteiger charge is -2.39. The Hall–Kier alpha value is -4.10. The van der Waals surface area contributed by atoms with E-state index in [4.69, 9.17) is 26.3 Å². The molecular formula is C34H36FN7O2. The third kappa shape index (κ3) is 4.35. The van der Waals surface area contributed by atoms with Crippen LogP contribution < -0.4 is 9.64 Å². The number of hydrogen-bond acceptors (Lipinski definition) is 7. The summed E-state index contributed by atoms with van der Waals surface area (Å²) in [6.45, 7) is 15.2. The Morgan fingerprint density at radius 1 is 1.20 bits per heavy atom. The van der Waals surface area contributed by atoms with E-state index in [0.717, 1.165) is 57.2 Å². The molecule has 5 aliphatic rings. The molecule has 0 unspecified atom stereocenters. The van der Waals surface area contributed by atoms with E-state index in [1.165, 1.54) is 17.2 Å². The fourth-order valence-corrected chi connectivity index (χ4v) is 8.44. The van der Waals surface area contributed by atoms with Crippen molar-refractivity contribution in [1.82, 2.24) is 24.8 Å². The highest BCUT2D eigenvalue weighted by molar-refractivity contribution is 5.93. The number of carbonyl (C=O) groups is 1. The van der Waals surface area contributed by atoms with Crippen molar-refractivity contribution in [2.75, 3.05) is 50.8 Å². The fourth-order valence-electron chi connectivity index (χ4n) is 8.44. The number of pyridine rings is 1. The molecule has 0 spiro atoms. The number of piperazine rings is 1. The van der Waals surface area contributed by atoms with Gasteiger partial charge in [-0.2, -0.15) is 9.97 Å². The quantitative estimate of drug-likeness (QED) is 0.292. The Morgan fingerprint density at radius 2 is 2.05 bits per heavy atom. The predicted octanol–water partition coefficient (Wildman–Crippen LogP) is 4.62. The van der Waals surface area contributed by atoms with Crippen LogP contribution in [0.2, 0.25) is 0 Å². The number of nitrogens with zero attached hydrogens (tertiary/aromatic N) is 7. The first-order valence-electron chi connectivity index (χ1n) is 15.9. The van der Waals surface area contributed by atoms with E-state index in [1.54, 1.807) is 11.1 Å². The van der Waals surface area contributed by atoms with Gasteiger partial charge >= 0.3 is 6.01 Å². The molecule has 1 saturated carbocycles. The number of ether oxygens (including phenoxy) is 1. The maximum atomic E-state index is 16.7. The van der Waals surface area contributed by atoms with E-state index in [1.807, 2.05) is 17.0 Å². The first-order chi connectivity index (χ1) is 21.5. The molecule has 0 N–H and O–H groups in total. The van der Waals surface area contributed by atoms with E-state index in [9.17, 15) is 4.79 Å². The normalized spacial score (nSPS) is 25.0. The van der Waals surface area contributed by atoms with Crippen LogP contribution in [0.3, 0.4) is 0 Å². The zero-order valence-electron chi connectivity index (χ0n) is 24.8. The first kappa shape index (κ1) is 27.4. The molecule has 0 bridgehead atoms. The predicted molar refractivity (Wildman–Crippen MR) is 165 cm³/mol. The molecule has 1 aromatic carbocycles. The molecule has 8 rings (SSSR count). The van der Waals surface area contributed by atoms with Gasteiger partial charge in [0.05, 0.1) is 10.9 Å². The third-order valence-corrected chi connectivity index (χ3v) is 10.7. The Bertz CT molecular complexity index is 1710. The van der Waals surface area contributed by atoms with Crippen LogP contribution in [0.15, 0.2) is 37.1 Å². The molecular weight excluding hydrogens is 557 g/mol. The van der Waals surface area contributed by atoms with Gasteiger partial charge in [-0.25, -0.2) is 11.0 Å². The smallest absolute Gasteiger partial charge is 0.319 e. The van der Waals surface area contributed by atoms with Crippen LogP contribution in [-0.2, 0) is 11.2 Å². The van der Waals surface area contributed by atoms with Crippen LogP contribution >= 0.6 is 0 Å². The molecule has 9 nitrogen and oxygen atoms in total. The van der Waals surface area contributed by atoms with Crippen LogP contribution in [0, 0.1) is 18.3 Å². The summed E-state index contributed by atoms with van der Waals surface area (Å²) in [5.74, 6) is 1.03.